The van der Waals surface area contributed by atoms with Crippen molar-refractivity contribution in [1.82, 2.24) is 14.9 Å². The number of nitrogens with zero attached hydrogens (tertiary/aromatic N) is 2. The van der Waals surface area contributed by atoms with Crippen LogP contribution in [0.25, 0.3) is 0 Å². The van der Waals surface area contributed by atoms with E-state index in [0.717, 1.165) is 19.3 Å². The fourth-order valence-corrected chi connectivity index (χ4v) is 4.34. The summed E-state index contributed by atoms with van der Waals surface area (Å²) >= 11 is 0. The molecule has 0 aliphatic carbocycles. The molecule has 0 aliphatic heterocycles. The molecule has 2 unspecified atom stereocenters. The number of hydrogen-bond donors (Lipinski definition) is 1. The van der Waals surface area contributed by atoms with Gasteiger partial charge in [0.25, 0.3) is 0 Å². The second-order valence-electron chi connectivity index (χ2n) is 9.66. The first-order valence-electron chi connectivity index (χ1n) is 10.2. The van der Waals surface area contributed by atoms with Crippen LogP contribution in [0.5, 0.6) is 0 Å². The Morgan fingerprint density at radius 3 is 2.19 bits per heavy atom. The largest absolute Gasteiger partial charge is 0.354 e. The molecule has 150 valence electrons. The molecule has 0 aromatic carbocycles. The molecule has 0 bridgehead atoms. The van der Waals surface area contributed by atoms with E-state index >= 15 is 0 Å². The average Bonchev–Trinajstić information content (AvgIpc) is 2.98. The second kappa shape index (κ2) is 9.05. The zero-order chi connectivity index (χ0) is 20.1. The number of rotatable bonds is 10. The van der Waals surface area contributed by atoms with E-state index in [1.807, 2.05) is 26.4 Å². The first-order chi connectivity index (χ1) is 11.9. The highest BCUT2D eigenvalue weighted by atomic mass is 16.1. The molecule has 4 nitrogen and oxygen atoms in total. The van der Waals surface area contributed by atoms with Crippen LogP contribution < -0.4 is 5.32 Å². The van der Waals surface area contributed by atoms with Crippen LogP contribution in [-0.4, -0.2) is 21.5 Å². The Labute approximate surface area is 161 Å². The van der Waals surface area contributed by atoms with Crippen molar-refractivity contribution in [1.29, 1.82) is 0 Å². The van der Waals surface area contributed by atoms with Crippen molar-refractivity contribution in [3.63, 3.8) is 0 Å². The second-order valence-corrected chi connectivity index (χ2v) is 9.66. The van der Waals surface area contributed by atoms with Gasteiger partial charge in [0.1, 0.15) is 0 Å². The van der Waals surface area contributed by atoms with Gasteiger partial charge in [-0.25, -0.2) is 4.98 Å². The maximum absolute atomic E-state index is 12.8. The van der Waals surface area contributed by atoms with Crippen molar-refractivity contribution in [3.8, 4) is 0 Å². The maximum atomic E-state index is 12.8. The summed E-state index contributed by atoms with van der Waals surface area (Å²) in [4.78, 5) is 17.0. The lowest BCUT2D eigenvalue weighted by atomic mass is 9.58. The molecule has 1 rings (SSSR count). The van der Waals surface area contributed by atoms with Crippen LogP contribution in [0.2, 0.25) is 0 Å². The van der Waals surface area contributed by atoms with Crippen molar-refractivity contribution in [2.24, 2.45) is 22.7 Å². The number of imidazole rings is 1. The normalized spacial score (nSPS) is 15.3. The molecule has 0 spiro atoms. The first kappa shape index (κ1) is 22.7. The van der Waals surface area contributed by atoms with E-state index in [1.54, 1.807) is 0 Å². The highest BCUT2D eigenvalue weighted by Crippen LogP contribution is 2.52. The van der Waals surface area contributed by atoms with E-state index in [4.69, 9.17) is 0 Å². The Kier molecular flexibility index (Phi) is 7.91. The van der Waals surface area contributed by atoms with Crippen LogP contribution in [0.3, 0.4) is 0 Å². The van der Waals surface area contributed by atoms with Crippen molar-refractivity contribution < 1.29 is 4.79 Å². The number of nitrogens with one attached hydrogen (secondary N) is 1. The Bertz CT molecular complexity index is 544. The number of amides is 1. The molecule has 1 heterocycles. The van der Waals surface area contributed by atoms with Crippen LogP contribution >= 0.6 is 0 Å². The van der Waals surface area contributed by atoms with E-state index in [9.17, 15) is 4.79 Å². The van der Waals surface area contributed by atoms with Gasteiger partial charge in [-0.2, -0.15) is 0 Å². The van der Waals surface area contributed by atoms with Crippen LogP contribution in [0.4, 0.5) is 0 Å². The van der Waals surface area contributed by atoms with E-state index in [2.05, 4.69) is 69.5 Å². The minimum absolute atomic E-state index is 0.000360. The van der Waals surface area contributed by atoms with Gasteiger partial charge >= 0.3 is 0 Å². The van der Waals surface area contributed by atoms with Crippen molar-refractivity contribution in [2.75, 3.05) is 0 Å². The van der Waals surface area contributed by atoms with Crippen LogP contribution in [-0.2, 0) is 4.79 Å². The highest BCUT2D eigenvalue weighted by Gasteiger charge is 2.46. The monoisotopic (exact) mass is 363 g/mol. The molecular formula is C22H41N3O. The minimum atomic E-state index is 0.000360. The maximum Gasteiger partial charge on any atom is 0.223 e. The summed E-state index contributed by atoms with van der Waals surface area (Å²) in [5.74, 6) is 0.745. The third kappa shape index (κ3) is 5.34. The van der Waals surface area contributed by atoms with Gasteiger partial charge in [0.05, 0.1) is 6.33 Å². The summed E-state index contributed by atoms with van der Waals surface area (Å²) in [6.07, 6.45) is 8.71. The Morgan fingerprint density at radius 1 is 1.15 bits per heavy atom. The molecule has 0 saturated heterocycles. The van der Waals surface area contributed by atoms with Gasteiger partial charge in [-0.05, 0) is 43.4 Å². The fraction of sp³-hybridized carbons (Fsp3) is 0.818. The van der Waals surface area contributed by atoms with Gasteiger partial charge in [0.2, 0.25) is 5.91 Å². The summed E-state index contributed by atoms with van der Waals surface area (Å²) in [5, 5.41) is 3.13. The molecule has 0 saturated carbocycles. The van der Waals surface area contributed by atoms with E-state index in [0.29, 0.717) is 12.0 Å². The third-order valence-corrected chi connectivity index (χ3v) is 6.16. The smallest absolute Gasteiger partial charge is 0.223 e. The Hall–Kier alpha value is -1.32. The lowest BCUT2D eigenvalue weighted by Gasteiger charge is -2.50. The van der Waals surface area contributed by atoms with Crippen molar-refractivity contribution >= 4 is 5.91 Å². The topological polar surface area (TPSA) is 46.9 Å². The fourth-order valence-electron chi connectivity index (χ4n) is 4.34. The molecule has 1 N–H and O–H groups in total. The average molecular weight is 364 g/mol. The molecule has 0 fully saturated rings. The molecule has 0 aliphatic rings. The van der Waals surface area contributed by atoms with Crippen LogP contribution in [0.15, 0.2) is 18.7 Å². The molecule has 1 aromatic rings. The van der Waals surface area contributed by atoms with Crippen molar-refractivity contribution in [2.45, 2.75) is 93.7 Å². The number of carbonyl (C=O) groups excluding carboxylic acids is 1. The SMILES string of the molecule is CCCC(CC(C)(C)C(C)(C)C(C(C)C)n1ccnc1)C(=O)NC(C)C. The van der Waals surface area contributed by atoms with Crippen LogP contribution in [0, 0.1) is 22.7 Å². The lowest BCUT2D eigenvalue weighted by Crippen LogP contribution is -2.45. The summed E-state index contributed by atoms with van der Waals surface area (Å²) in [6.45, 7) is 20.1. The van der Waals surface area contributed by atoms with E-state index < -0.39 is 0 Å². The Morgan fingerprint density at radius 2 is 1.77 bits per heavy atom. The molecule has 1 aromatic heterocycles. The third-order valence-electron chi connectivity index (χ3n) is 6.16. The molecule has 1 amide bonds. The van der Waals surface area contributed by atoms with Crippen LogP contribution in [0.1, 0.15) is 87.6 Å². The van der Waals surface area contributed by atoms with Gasteiger partial charge in [-0.1, -0.05) is 54.9 Å². The summed E-state index contributed by atoms with van der Waals surface area (Å²) < 4.78 is 2.25. The highest BCUT2D eigenvalue weighted by molar-refractivity contribution is 5.78. The predicted molar refractivity (Wildman–Crippen MR) is 110 cm³/mol. The first-order valence-corrected chi connectivity index (χ1v) is 10.2. The van der Waals surface area contributed by atoms with E-state index in [1.165, 1.54) is 0 Å². The quantitative estimate of drug-likeness (QED) is 0.599. The summed E-state index contributed by atoms with van der Waals surface area (Å²) in [5.41, 5.74) is 0.00628. The number of aromatic nitrogens is 2. The Balaban J connectivity index is 3.11. The molecular weight excluding hydrogens is 322 g/mol. The molecule has 26 heavy (non-hydrogen) atoms. The molecule has 0 radical (unpaired) electrons. The zero-order valence-electron chi connectivity index (χ0n) is 18.5. The van der Waals surface area contributed by atoms with Gasteiger partial charge in [-0.15, -0.1) is 0 Å². The van der Waals surface area contributed by atoms with Gasteiger partial charge < -0.3 is 9.88 Å². The zero-order valence-corrected chi connectivity index (χ0v) is 18.5. The van der Waals surface area contributed by atoms with Crippen molar-refractivity contribution in [3.05, 3.63) is 18.7 Å². The van der Waals surface area contributed by atoms with Gasteiger partial charge in [-0.3, -0.25) is 4.79 Å². The van der Waals surface area contributed by atoms with Gasteiger partial charge in [0, 0.05) is 30.4 Å². The number of hydrogen-bond acceptors (Lipinski definition) is 2. The minimum Gasteiger partial charge on any atom is -0.354 e. The molecule has 4 heteroatoms. The standard InChI is InChI=1S/C22H41N3O/c1-10-11-18(20(26)24-17(4)5)14-21(6,7)22(8,9)19(16(2)3)25-13-12-23-15-25/h12-13,15-19H,10-11,14H2,1-9H3,(H,24,26). The van der Waals surface area contributed by atoms with Gasteiger partial charge in [0.15, 0.2) is 0 Å². The number of carbonyl (C=O) groups is 1. The lowest BCUT2D eigenvalue weighted by molar-refractivity contribution is -0.128. The summed E-state index contributed by atoms with van der Waals surface area (Å²) in [7, 11) is 0. The van der Waals surface area contributed by atoms with E-state index in [-0.39, 0.29) is 28.7 Å². The summed E-state index contributed by atoms with van der Waals surface area (Å²) in [6, 6.07) is 0.516. The predicted octanol–water partition coefficient (Wildman–Crippen LogP) is 5.46. The molecule has 2 atom stereocenters.